The second-order valence-electron chi connectivity index (χ2n) is 3.96. The van der Waals surface area contributed by atoms with Gasteiger partial charge in [-0.05, 0) is 31.0 Å². The van der Waals surface area contributed by atoms with Gasteiger partial charge in [0.25, 0.3) is 5.91 Å². The molecule has 3 nitrogen and oxygen atoms in total. The molecule has 0 saturated carbocycles. The second-order valence-corrected chi connectivity index (χ2v) is 3.96. The lowest BCUT2D eigenvalue weighted by molar-refractivity contribution is 0.0952. The molecule has 0 unspecified atom stereocenters. The van der Waals surface area contributed by atoms with E-state index in [9.17, 15) is 9.90 Å². The van der Waals surface area contributed by atoms with Gasteiger partial charge >= 0.3 is 0 Å². The Morgan fingerprint density at radius 1 is 1.38 bits per heavy atom. The van der Waals surface area contributed by atoms with E-state index < -0.39 is 0 Å². The lowest BCUT2D eigenvalue weighted by Gasteiger charge is -2.06. The quantitative estimate of drug-likeness (QED) is 0.751. The van der Waals surface area contributed by atoms with Crippen molar-refractivity contribution in [1.82, 2.24) is 5.32 Å². The maximum Gasteiger partial charge on any atom is 0.251 e. The van der Waals surface area contributed by atoms with Gasteiger partial charge in [0.2, 0.25) is 0 Å². The van der Waals surface area contributed by atoms with E-state index >= 15 is 0 Å². The van der Waals surface area contributed by atoms with Gasteiger partial charge in [0.1, 0.15) is 5.75 Å². The Balaban J connectivity index is 2.50. The molecule has 2 N–H and O–H groups in total. The number of unbranched alkanes of at least 4 members (excludes halogenated alkanes) is 2. The molecule has 88 valence electrons. The maximum absolute atomic E-state index is 11.6. The van der Waals surface area contributed by atoms with Crippen LogP contribution in [-0.2, 0) is 0 Å². The highest BCUT2D eigenvalue weighted by Crippen LogP contribution is 2.17. The molecule has 1 aromatic carbocycles. The molecule has 0 atom stereocenters. The zero-order chi connectivity index (χ0) is 12.0. The second kappa shape index (κ2) is 6.16. The summed E-state index contributed by atoms with van der Waals surface area (Å²) < 4.78 is 0. The number of nitrogens with one attached hydrogen (secondary N) is 1. The first kappa shape index (κ1) is 12.6. The predicted octanol–water partition coefficient (Wildman–Crippen LogP) is 2.62. The largest absolute Gasteiger partial charge is 0.508 e. The monoisotopic (exact) mass is 221 g/mol. The van der Waals surface area contributed by atoms with E-state index in [-0.39, 0.29) is 11.7 Å². The molecule has 0 fully saturated rings. The highest BCUT2D eigenvalue weighted by Gasteiger charge is 2.06. The molecule has 0 aliphatic heterocycles. The number of phenols is 1. The molecular formula is C13H19NO2. The molecule has 0 heterocycles. The summed E-state index contributed by atoms with van der Waals surface area (Å²) in [6.07, 6.45) is 3.26. The zero-order valence-electron chi connectivity index (χ0n) is 9.92. The fourth-order valence-electron chi connectivity index (χ4n) is 1.43. The van der Waals surface area contributed by atoms with Crippen molar-refractivity contribution in [3.05, 3.63) is 29.3 Å². The van der Waals surface area contributed by atoms with Crippen LogP contribution in [0, 0.1) is 6.92 Å². The van der Waals surface area contributed by atoms with Crippen LogP contribution in [0.1, 0.15) is 42.1 Å². The van der Waals surface area contributed by atoms with Crippen LogP contribution in [0.5, 0.6) is 5.75 Å². The van der Waals surface area contributed by atoms with Crippen molar-refractivity contribution in [3.8, 4) is 5.75 Å². The molecule has 0 aliphatic carbocycles. The van der Waals surface area contributed by atoms with Gasteiger partial charge in [-0.2, -0.15) is 0 Å². The molecule has 0 saturated heterocycles. The van der Waals surface area contributed by atoms with Gasteiger partial charge in [-0.1, -0.05) is 25.8 Å². The van der Waals surface area contributed by atoms with E-state index in [1.54, 1.807) is 19.1 Å². The summed E-state index contributed by atoms with van der Waals surface area (Å²) in [6.45, 7) is 4.62. The first-order valence-corrected chi connectivity index (χ1v) is 5.73. The van der Waals surface area contributed by atoms with Crippen LogP contribution >= 0.6 is 0 Å². The predicted molar refractivity (Wildman–Crippen MR) is 64.7 cm³/mol. The van der Waals surface area contributed by atoms with Gasteiger partial charge in [0.05, 0.1) is 0 Å². The van der Waals surface area contributed by atoms with Crippen LogP contribution < -0.4 is 5.32 Å². The van der Waals surface area contributed by atoms with Gasteiger partial charge in [-0.3, -0.25) is 4.79 Å². The number of amides is 1. The molecule has 0 aliphatic rings. The number of phenolic OH excluding ortho intramolecular Hbond substituents is 1. The van der Waals surface area contributed by atoms with Gasteiger partial charge in [0.15, 0.2) is 0 Å². The van der Waals surface area contributed by atoms with Crippen molar-refractivity contribution < 1.29 is 9.90 Å². The Morgan fingerprint density at radius 3 is 2.75 bits per heavy atom. The summed E-state index contributed by atoms with van der Waals surface area (Å²) in [7, 11) is 0. The fourth-order valence-corrected chi connectivity index (χ4v) is 1.43. The number of carbonyl (C=O) groups excluding carboxylic acids is 1. The van der Waals surface area contributed by atoms with E-state index in [0.29, 0.717) is 12.1 Å². The Bertz CT molecular complexity index is 361. The molecule has 1 rings (SSSR count). The van der Waals surface area contributed by atoms with Crippen LogP contribution in [0.4, 0.5) is 0 Å². The van der Waals surface area contributed by atoms with Crippen LogP contribution in [-0.4, -0.2) is 17.6 Å². The first-order valence-electron chi connectivity index (χ1n) is 5.73. The number of hydrogen-bond acceptors (Lipinski definition) is 2. The fraction of sp³-hybridized carbons (Fsp3) is 0.462. The molecule has 16 heavy (non-hydrogen) atoms. The third-order valence-corrected chi connectivity index (χ3v) is 2.54. The molecule has 0 bridgehead atoms. The molecule has 1 aromatic rings. The Hall–Kier alpha value is -1.51. The Morgan fingerprint density at radius 2 is 2.12 bits per heavy atom. The summed E-state index contributed by atoms with van der Waals surface area (Å²) in [5.41, 5.74) is 1.29. The summed E-state index contributed by atoms with van der Waals surface area (Å²) >= 11 is 0. The lowest BCUT2D eigenvalue weighted by atomic mass is 10.1. The van der Waals surface area contributed by atoms with Gasteiger partial charge in [0, 0.05) is 12.1 Å². The van der Waals surface area contributed by atoms with E-state index in [2.05, 4.69) is 12.2 Å². The standard InChI is InChI=1S/C13H19NO2/c1-3-4-5-8-14-13(16)11-7-6-10(2)12(15)9-11/h6-7,9,15H,3-5,8H2,1-2H3,(H,14,16). The van der Waals surface area contributed by atoms with Crippen molar-refractivity contribution in [1.29, 1.82) is 0 Å². The Labute approximate surface area is 96.5 Å². The van der Waals surface area contributed by atoms with Gasteiger partial charge in [-0.25, -0.2) is 0 Å². The summed E-state index contributed by atoms with van der Waals surface area (Å²) in [5, 5.41) is 12.3. The topological polar surface area (TPSA) is 49.3 Å². The third kappa shape index (κ3) is 3.57. The molecule has 0 aromatic heterocycles. The average molecular weight is 221 g/mol. The normalized spacial score (nSPS) is 10.1. The summed E-state index contributed by atoms with van der Waals surface area (Å²) in [5.74, 6) is 0.0487. The number of rotatable bonds is 5. The van der Waals surface area contributed by atoms with Crippen LogP contribution in [0.2, 0.25) is 0 Å². The van der Waals surface area contributed by atoms with Gasteiger partial charge < -0.3 is 10.4 Å². The van der Waals surface area contributed by atoms with Crippen LogP contribution in [0.3, 0.4) is 0 Å². The zero-order valence-corrected chi connectivity index (χ0v) is 9.92. The minimum absolute atomic E-state index is 0.119. The molecule has 0 radical (unpaired) electrons. The van der Waals surface area contributed by atoms with Crippen molar-refractivity contribution in [3.63, 3.8) is 0 Å². The van der Waals surface area contributed by atoms with E-state index in [4.69, 9.17) is 0 Å². The summed E-state index contributed by atoms with van der Waals surface area (Å²) in [6, 6.07) is 4.98. The smallest absolute Gasteiger partial charge is 0.251 e. The average Bonchev–Trinajstić information content (AvgIpc) is 2.28. The lowest BCUT2D eigenvalue weighted by Crippen LogP contribution is -2.24. The van der Waals surface area contributed by atoms with E-state index in [1.807, 2.05) is 0 Å². The first-order chi connectivity index (χ1) is 7.65. The number of aryl methyl sites for hydroxylation is 1. The van der Waals surface area contributed by atoms with E-state index in [0.717, 1.165) is 24.8 Å². The van der Waals surface area contributed by atoms with E-state index in [1.165, 1.54) is 6.07 Å². The molecule has 3 heteroatoms. The minimum atomic E-state index is -0.119. The van der Waals surface area contributed by atoms with Crippen molar-refractivity contribution in [2.24, 2.45) is 0 Å². The summed E-state index contributed by atoms with van der Waals surface area (Å²) in [4.78, 5) is 11.6. The number of hydrogen-bond donors (Lipinski definition) is 2. The number of carbonyl (C=O) groups is 1. The van der Waals surface area contributed by atoms with Crippen molar-refractivity contribution in [2.75, 3.05) is 6.54 Å². The van der Waals surface area contributed by atoms with Gasteiger partial charge in [-0.15, -0.1) is 0 Å². The number of aromatic hydroxyl groups is 1. The van der Waals surface area contributed by atoms with Crippen molar-refractivity contribution in [2.45, 2.75) is 33.1 Å². The van der Waals surface area contributed by atoms with Crippen LogP contribution in [0.15, 0.2) is 18.2 Å². The Kier molecular flexibility index (Phi) is 4.83. The minimum Gasteiger partial charge on any atom is -0.508 e. The third-order valence-electron chi connectivity index (χ3n) is 2.54. The molecular weight excluding hydrogens is 202 g/mol. The number of benzene rings is 1. The highest BCUT2D eigenvalue weighted by atomic mass is 16.3. The van der Waals surface area contributed by atoms with Crippen molar-refractivity contribution >= 4 is 5.91 Å². The van der Waals surface area contributed by atoms with Crippen LogP contribution in [0.25, 0.3) is 0 Å². The maximum atomic E-state index is 11.6. The SMILES string of the molecule is CCCCCNC(=O)c1ccc(C)c(O)c1. The highest BCUT2D eigenvalue weighted by molar-refractivity contribution is 5.94. The molecule has 0 spiro atoms. The molecule has 1 amide bonds.